The van der Waals surface area contributed by atoms with Crippen molar-refractivity contribution >= 4 is 23.4 Å². The summed E-state index contributed by atoms with van der Waals surface area (Å²) in [5.74, 6) is -0.319. The third-order valence-corrected chi connectivity index (χ3v) is 4.66. The van der Waals surface area contributed by atoms with Crippen molar-refractivity contribution < 1.29 is 19.1 Å². The van der Waals surface area contributed by atoms with Crippen molar-refractivity contribution in [2.24, 2.45) is 0 Å². The average molecular weight is 395 g/mol. The van der Waals surface area contributed by atoms with E-state index in [2.05, 4.69) is 10.6 Å². The molecule has 1 fully saturated rings. The Hall–Kier alpha value is -3.35. The number of amides is 3. The van der Waals surface area contributed by atoms with E-state index < -0.39 is 0 Å². The van der Waals surface area contributed by atoms with Gasteiger partial charge in [-0.05, 0) is 50.1 Å². The van der Waals surface area contributed by atoms with Gasteiger partial charge in [0, 0.05) is 17.3 Å². The maximum atomic E-state index is 12.8. The second-order valence-electron chi connectivity index (χ2n) is 7.09. The number of rotatable bonds is 8. The Morgan fingerprint density at radius 1 is 1.07 bits per heavy atom. The Balaban J connectivity index is 1.53. The lowest BCUT2D eigenvalue weighted by Gasteiger charge is -2.22. The predicted molar refractivity (Wildman–Crippen MR) is 110 cm³/mol. The molecular formula is C22H25N3O4. The molecule has 0 bridgehead atoms. The summed E-state index contributed by atoms with van der Waals surface area (Å²) >= 11 is 0. The average Bonchev–Trinajstić information content (AvgIpc) is 3.57. The molecule has 3 rings (SSSR count). The van der Waals surface area contributed by atoms with Crippen LogP contribution in [0.5, 0.6) is 5.75 Å². The van der Waals surface area contributed by atoms with Crippen LogP contribution in [0.25, 0.3) is 0 Å². The minimum Gasteiger partial charge on any atom is -0.497 e. The summed E-state index contributed by atoms with van der Waals surface area (Å²) in [7, 11) is 1.54. The highest BCUT2D eigenvalue weighted by Crippen LogP contribution is 2.28. The van der Waals surface area contributed by atoms with Gasteiger partial charge in [0.25, 0.3) is 5.91 Å². The molecule has 1 aliphatic carbocycles. The smallest absolute Gasteiger partial charge is 0.254 e. The minimum absolute atomic E-state index is 0.0563. The van der Waals surface area contributed by atoms with Gasteiger partial charge >= 0.3 is 0 Å². The van der Waals surface area contributed by atoms with Gasteiger partial charge in [0.05, 0.1) is 13.7 Å². The summed E-state index contributed by atoms with van der Waals surface area (Å²) < 4.78 is 5.17. The van der Waals surface area contributed by atoms with Crippen LogP contribution in [-0.2, 0) is 9.59 Å². The number of carbonyl (C=O) groups excluding carboxylic acids is 3. The van der Waals surface area contributed by atoms with E-state index in [-0.39, 0.29) is 36.9 Å². The van der Waals surface area contributed by atoms with Gasteiger partial charge in [-0.1, -0.05) is 23.8 Å². The van der Waals surface area contributed by atoms with Gasteiger partial charge in [-0.15, -0.1) is 0 Å². The zero-order valence-corrected chi connectivity index (χ0v) is 16.6. The van der Waals surface area contributed by atoms with E-state index in [1.165, 1.54) is 7.11 Å². The van der Waals surface area contributed by atoms with E-state index in [9.17, 15) is 14.4 Å². The van der Waals surface area contributed by atoms with Crippen molar-refractivity contribution in [1.29, 1.82) is 0 Å². The number of anilines is 1. The number of nitrogens with one attached hydrogen (secondary N) is 2. The first-order valence-corrected chi connectivity index (χ1v) is 9.54. The summed E-state index contributed by atoms with van der Waals surface area (Å²) in [5, 5.41) is 5.31. The zero-order chi connectivity index (χ0) is 20.8. The van der Waals surface area contributed by atoms with Crippen LogP contribution in [-0.4, -0.2) is 48.9 Å². The molecule has 0 aliphatic heterocycles. The van der Waals surface area contributed by atoms with Crippen LogP contribution in [0.2, 0.25) is 0 Å². The number of nitrogens with zero attached hydrogens (tertiary/aromatic N) is 1. The summed E-state index contributed by atoms with van der Waals surface area (Å²) in [4.78, 5) is 38.8. The first kappa shape index (κ1) is 20.4. The molecule has 2 N–H and O–H groups in total. The lowest BCUT2D eigenvalue weighted by molar-refractivity contribution is -0.124. The van der Waals surface area contributed by atoms with E-state index in [4.69, 9.17) is 4.74 Å². The van der Waals surface area contributed by atoms with Crippen molar-refractivity contribution in [3.05, 3.63) is 59.7 Å². The van der Waals surface area contributed by atoms with Gasteiger partial charge in [-0.2, -0.15) is 0 Å². The standard InChI is InChI=1S/C22H25N3O4/c1-15-6-8-17(9-7-15)24-20(26)13-23-21(27)14-25(18-10-11-18)22(28)16-4-3-5-19(12-16)29-2/h3-9,12,18H,10-11,13-14H2,1-2H3,(H,23,27)(H,24,26). The SMILES string of the molecule is COc1cccc(C(=O)N(CC(=O)NCC(=O)Nc2ccc(C)cc2)C2CC2)c1. The molecule has 2 aromatic carbocycles. The summed E-state index contributed by atoms with van der Waals surface area (Å²) in [6, 6.07) is 14.3. The van der Waals surface area contributed by atoms with Gasteiger partial charge in [-0.25, -0.2) is 0 Å². The van der Waals surface area contributed by atoms with Crippen LogP contribution in [0, 0.1) is 6.92 Å². The van der Waals surface area contributed by atoms with Crippen LogP contribution in [0.4, 0.5) is 5.69 Å². The lowest BCUT2D eigenvalue weighted by Crippen LogP contribution is -2.43. The fraction of sp³-hybridized carbons (Fsp3) is 0.318. The highest BCUT2D eigenvalue weighted by molar-refractivity contribution is 5.98. The molecule has 152 valence electrons. The van der Waals surface area contributed by atoms with E-state index in [1.54, 1.807) is 41.3 Å². The Labute approximate surface area is 170 Å². The number of ether oxygens (including phenoxy) is 1. The molecule has 0 spiro atoms. The molecule has 1 aliphatic rings. The van der Waals surface area contributed by atoms with Gasteiger partial charge in [0.15, 0.2) is 0 Å². The van der Waals surface area contributed by atoms with E-state index in [0.717, 1.165) is 18.4 Å². The van der Waals surface area contributed by atoms with E-state index in [0.29, 0.717) is 17.0 Å². The summed E-state index contributed by atoms with van der Waals surface area (Å²) in [6.07, 6.45) is 1.74. The highest BCUT2D eigenvalue weighted by atomic mass is 16.5. The van der Waals surface area contributed by atoms with Crippen LogP contribution in [0.15, 0.2) is 48.5 Å². The molecule has 3 amide bonds. The van der Waals surface area contributed by atoms with Crippen molar-refractivity contribution in [3.63, 3.8) is 0 Å². The second kappa shape index (κ2) is 9.23. The number of methoxy groups -OCH3 is 1. The molecule has 2 aromatic rings. The van der Waals surface area contributed by atoms with Crippen LogP contribution in [0.3, 0.4) is 0 Å². The first-order chi connectivity index (χ1) is 14.0. The number of benzene rings is 2. The molecule has 0 unspecified atom stereocenters. The fourth-order valence-corrected chi connectivity index (χ4v) is 2.91. The molecule has 0 aromatic heterocycles. The maximum absolute atomic E-state index is 12.8. The fourth-order valence-electron chi connectivity index (χ4n) is 2.91. The number of hydrogen-bond donors (Lipinski definition) is 2. The molecular weight excluding hydrogens is 370 g/mol. The number of carbonyl (C=O) groups is 3. The minimum atomic E-state index is -0.368. The second-order valence-corrected chi connectivity index (χ2v) is 7.09. The molecule has 7 nitrogen and oxygen atoms in total. The topological polar surface area (TPSA) is 87.7 Å². The van der Waals surface area contributed by atoms with Crippen molar-refractivity contribution in [2.45, 2.75) is 25.8 Å². The monoisotopic (exact) mass is 395 g/mol. The summed E-state index contributed by atoms with van der Waals surface area (Å²) in [5.41, 5.74) is 2.24. The molecule has 0 atom stereocenters. The predicted octanol–water partition coefficient (Wildman–Crippen LogP) is 2.36. The van der Waals surface area contributed by atoms with Crippen molar-refractivity contribution in [2.75, 3.05) is 25.5 Å². The third-order valence-electron chi connectivity index (χ3n) is 4.66. The number of hydrogen-bond acceptors (Lipinski definition) is 4. The summed E-state index contributed by atoms with van der Waals surface area (Å²) in [6.45, 7) is 1.72. The van der Waals surface area contributed by atoms with Crippen LogP contribution >= 0.6 is 0 Å². The molecule has 1 saturated carbocycles. The number of aryl methyl sites for hydroxylation is 1. The zero-order valence-electron chi connectivity index (χ0n) is 16.6. The first-order valence-electron chi connectivity index (χ1n) is 9.54. The highest BCUT2D eigenvalue weighted by Gasteiger charge is 2.34. The Bertz CT molecular complexity index is 891. The van der Waals surface area contributed by atoms with E-state index >= 15 is 0 Å². The van der Waals surface area contributed by atoms with Crippen molar-refractivity contribution in [1.82, 2.24) is 10.2 Å². The Morgan fingerprint density at radius 3 is 2.45 bits per heavy atom. The third kappa shape index (κ3) is 5.81. The Kier molecular flexibility index (Phi) is 6.49. The normalized spacial score (nSPS) is 12.8. The molecule has 29 heavy (non-hydrogen) atoms. The maximum Gasteiger partial charge on any atom is 0.254 e. The quantitative estimate of drug-likeness (QED) is 0.718. The molecule has 7 heteroatoms. The lowest BCUT2D eigenvalue weighted by atomic mass is 10.2. The molecule has 0 heterocycles. The van der Waals surface area contributed by atoms with Crippen molar-refractivity contribution in [3.8, 4) is 5.75 Å². The van der Waals surface area contributed by atoms with Crippen LogP contribution in [0.1, 0.15) is 28.8 Å². The van der Waals surface area contributed by atoms with E-state index in [1.807, 2.05) is 19.1 Å². The van der Waals surface area contributed by atoms with Gasteiger partial charge in [0.1, 0.15) is 12.3 Å². The van der Waals surface area contributed by atoms with Crippen LogP contribution < -0.4 is 15.4 Å². The van der Waals surface area contributed by atoms with Gasteiger partial charge < -0.3 is 20.3 Å². The molecule has 0 saturated heterocycles. The molecule has 0 radical (unpaired) electrons. The van der Waals surface area contributed by atoms with Gasteiger partial charge in [-0.3, -0.25) is 14.4 Å². The van der Waals surface area contributed by atoms with Gasteiger partial charge in [0.2, 0.25) is 11.8 Å². The Morgan fingerprint density at radius 2 is 1.79 bits per heavy atom. The largest absolute Gasteiger partial charge is 0.497 e.